The zero-order valence-corrected chi connectivity index (χ0v) is 24.4. The SMILES string of the molecule is c1ccc(CSc2ccc(SCc3ccccc3)c(SCc3ccccc3)c2SCc2ccccc2)cc1. The third-order valence-electron chi connectivity index (χ3n) is 5.97. The zero-order chi connectivity index (χ0) is 25.8. The summed E-state index contributed by atoms with van der Waals surface area (Å²) in [6.45, 7) is 0. The van der Waals surface area contributed by atoms with Gasteiger partial charge in [0.05, 0.1) is 0 Å². The normalized spacial score (nSPS) is 10.9. The van der Waals surface area contributed by atoms with E-state index in [1.54, 1.807) is 0 Å². The molecule has 0 nitrogen and oxygen atoms in total. The van der Waals surface area contributed by atoms with E-state index in [-0.39, 0.29) is 0 Å². The summed E-state index contributed by atoms with van der Waals surface area (Å²) in [5, 5.41) is 0. The van der Waals surface area contributed by atoms with E-state index < -0.39 is 0 Å². The van der Waals surface area contributed by atoms with Crippen molar-refractivity contribution in [2.75, 3.05) is 0 Å². The number of benzene rings is 5. The van der Waals surface area contributed by atoms with Gasteiger partial charge in [-0.15, -0.1) is 47.0 Å². The van der Waals surface area contributed by atoms with Gasteiger partial charge in [-0.1, -0.05) is 121 Å². The lowest BCUT2D eigenvalue weighted by molar-refractivity contribution is 1.02. The first-order valence-corrected chi connectivity index (χ1v) is 16.6. The molecule has 5 aromatic carbocycles. The van der Waals surface area contributed by atoms with E-state index >= 15 is 0 Å². The predicted octanol–water partition coefficient (Wildman–Crippen LogP) is 10.9. The Morgan fingerprint density at radius 1 is 0.289 bits per heavy atom. The van der Waals surface area contributed by atoms with Crippen LogP contribution in [0.15, 0.2) is 153 Å². The van der Waals surface area contributed by atoms with Crippen LogP contribution in [0.5, 0.6) is 0 Å². The summed E-state index contributed by atoms with van der Waals surface area (Å²) in [6.07, 6.45) is 0. The van der Waals surface area contributed by atoms with Crippen LogP contribution >= 0.6 is 47.0 Å². The minimum atomic E-state index is 0.964. The molecule has 0 saturated heterocycles. The number of thioether (sulfide) groups is 4. The molecule has 0 bridgehead atoms. The molecule has 5 rings (SSSR count). The van der Waals surface area contributed by atoms with Crippen LogP contribution in [0, 0.1) is 0 Å². The van der Waals surface area contributed by atoms with Gasteiger partial charge in [-0.2, -0.15) is 0 Å². The second-order valence-corrected chi connectivity index (χ2v) is 12.8. The summed E-state index contributed by atoms with van der Waals surface area (Å²) in [5.41, 5.74) is 5.44. The number of hydrogen-bond acceptors (Lipinski definition) is 4. The van der Waals surface area contributed by atoms with Gasteiger partial charge in [-0.25, -0.2) is 0 Å². The molecule has 0 N–H and O–H groups in total. The standard InChI is InChI=1S/C34H30S4/c1-5-13-27(14-6-1)23-35-31-21-22-32(36-24-28-15-7-2-8-16-28)34(38-26-30-19-11-4-12-20-30)33(31)37-25-29-17-9-3-10-18-29/h1-22H,23-26H2. The molecule has 0 amide bonds. The molecule has 0 aromatic heterocycles. The Labute approximate surface area is 244 Å². The first kappa shape index (κ1) is 27.1. The molecular formula is C34H30S4. The molecule has 5 aromatic rings. The molecule has 0 saturated carbocycles. The Balaban J connectivity index is 1.47. The smallest absolute Gasteiger partial charge is 0.0359 e. The molecular weight excluding hydrogens is 537 g/mol. The average molecular weight is 567 g/mol. The molecule has 0 aliphatic heterocycles. The van der Waals surface area contributed by atoms with Gasteiger partial charge in [0.25, 0.3) is 0 Å². The molecule has 0 radical (unpaired) electrons. The molecule has 0 spiro atoms. The second-order valence-electron chi connectivity index (χ2n) is 8.82. The molecule has 38 heavy (non-hydrogen) atoms. The van der Waals surface area contributed by atoms with Gasteiger partial charge < -0.3 is 0 Å². The third kappa shape index (κ3) is 8.00. The van der Waals surface area contributed by atoms with Crippen molar-refractivity contribution in [3.8, 4) is 0 Å². The van der Waals surface area contributed by atoms with Crippen molar-refractivity contribution >= 4 is 47.0 Å². The van der Waals surface area contributed by atoms with Gasteiger partial charge in [-0.05, 0) is 34.4 Å². The highest BCUT2D eigenvalue weighted by atomic mass is 32.2. The van der Waals surface area contributed by atoms with E-state index in [1.165, 1.54) is 41.8 Å². The van der Waals surface area contributed by atoms with Gasteiger partial charge in [0, 0.05) is 42.6 Å². The summed E-state index contributed by atoms with van der Waals surface area (Å²) in [4.78, 5) is 5.56. The highest BCUT2D eigenvalue weighted by Gasteiger charge is 2.17. The minimum Gasteiger partial charge on any atom is -0.120 e. The molecule has 0 atom stereocenters. The number of hydrogen-bond donors (Lipinski definition) is 0. The Kier molecular flexibility index (Phi) is 10.4. The van der Waals surface area contributed by atoms with Crippen molar-refractivity contribution in [3.63, 3.8) is 0 Å². The lowest BCUT2D eigenvalue weighted by Gasteiger charge is -2.18. The first-order chi connectivity index (χ1) is 18.8. The Hall–Kier alpha value is -2.50. The Morgan fingerprint density at radius 2 is 0.553 bits per heavy atom. The Bertz CT molecular complexity index is 1280. The van der Waals surface area contributed by atoms with Crippen molar-refractivity contribution in [2.45, 2.75) is 42.6 Å². The van der Waals surface area contributed by atoms with Crippen molar-refractivity contribution < 1.29 is 0 Å². The van der Waals surface area contributed by atoms with Gasteiger partial charge in [0.1, 0.15) is 0 Å². The topological polar surface area (TPSA) is 0 Å². The second kappa shape index (κ2) is 14.6. The number of rotatable bonds is 12. The lowest BCUT2D eigenvalue weighted by Crippen LogP contribution is -1.92. The van der Waals surface area contributed by atoms with Crippen LogP contribution in [0.2, 0.25) is 0 Å². The fourth-order valence-electron chi connectivity index (χ4n) is 3.96. The van der Waals surface area contributed by atoms with Crippen molar-refractivity contribution in [1.82, 2.24) is 0 Å². The maximum atomic E-state index is 2.35. The van der Waals surface area contributed by atoms with Crippen LogP contribution in [0.1, 0.15) is 22.3 Å². The lowest BCUT2D eigenvalue weighted by atomic mass is 10.2. The monoisotopic (exact) mass is 566 g/mol. The van der Waals surface area contributed by atoms with E-state index in [1.807, 2.05) is 47.0 Å². The van der Waals surface area contributed by atoms with Crippen LogP contribution < -0.4 is 0 Å². The van der Waals surface area contributed by atoms with Crippen molar-refractivity contribution in [2.24, 2.45) is 0 Å². The van der Waals surface area contributed by atoms with Crippen LogP contribution in [-0.2, 0) is 23.0 Å². The summed E-state index contributed by atoms with van der Waals surface area (Å²) >= 11 is 7.86. The van der Waals surface area contributed by atoms with Gasteiger partial charge in [0.15, 0.2) is 0 Å². The minimum absolute atomic E-state index is 0.964. The highest BCUT2D eigenvalue weighted by molar-refractivity contribution is 8.04. The zero-order valence-electron chi connectivity index (χ0n) is 21.2. The van der Waals surface area contributed by atoms with Crippen LogP contribution in [0.3, 0.4) is 0 Å². The molecule has 0 aliphatic rings. The third-order valence-corrected chi connectivity index (χ3v) is 11.0. The van der Waals surface area contributed by atoms with Gasteiger partial charge in [-0.3, -0.25) is 0 Å². The van der Waals surface area contributed by atoms with Gasteiger partial charge in [0.2, 0.25) is 0 Å². The average Bonchev–Trinajstić information content (AvgIpc) is 2.99. The van der Waals surface area contributed by atoms with Crippen molar-refractivity contribution in [1.29, 1.82) is 0 Å². The van der Waals surface area contributed by atoms with Crippen molar-refractivity contribution in [3.05, 3.63) is 156 Å². The van der Waals surface area contributed by atoms with E-state index in [0.29, 0.717) is 0 Å². The summed E-state index contributed by atoms with van der Waals surface area (Å²) in [6, 6.07) is 47.9. The largest absolute Gasteiger partial charge is 0.120 e. The first-order valence-electron chi connectivity index (χ1n) is 12.7. The summed E-state index contributed by atoms with van der Waals surface area (Å²) in [7, 11) is 0. The summed E-state index contributed by atoms with van der Waals surface area (Å²) in [5.74, 6) is 3.87. The van der Waals surface area contributed by atoms with E-state index in [0.717, 1.165) is 23.0 Å². The maximum absolute atomic E-state index is 2.35. The molecule has 0 aliphatic carbocycles. The summed E-state index contributed by atoms with van der Waals surface area (Å²) < 4.78 is 0. The quantitative estimate of drug-likeness (QED) is 0.138. The maximum Gasteiger partial charge on any atom is 0.0359 e. The Morgan fingerprint density at radius 3 is 0.842 bits per heavy atom. The predicted molar refractivity (Wildman–Crippen MR) is 170 cm³/mol. The van der Waals surface area contributed by atoms with Gasteiger partial charge >= 0.3 is 0 Å². The van der Waals surface area contributed by atoms with Crippen LogP contribution in [0.25, 0.3) is 0 Å². The molecule has 0 fully saturated rings. The molecule has 190 valence electrons. The highest BCUT2D eigenvalue weighted by Crippen LogP contribution is 2.46. The fourth-order valence-corrected chi connectivity index (χ4v) is 8.88. The van der Waals surface area contributed by atoms with Crippen LogP contribution in [0.4, 0.5) is 0 Å². The molecule has 0 heterocycles. The van der Waals surface area contributed by atoms with E-state index in [2.05, 4.69) is 133 Å². The fraction of sp³-hybridized carbons (Fsp3) is 0.118. The van der Waals surface area contributed by atoms with E-state index in [9.17, 15) is 0 Å². The van der Waals surface area contributed by atoms with Crippen LogP contribution in [-0.4, -0.2) is 0 Å². The molecule has 4 heteroatoms. The molecule has 0 unspecified atom stereocenters. The van der Waals surface area contributed by atoms with E-state index in [4.69, 9.17) is 0 Å².